The van der Waals surface area contributed by atoms with Gasteiger partial charge in [-0.1, -0.05) is 12.1 Å². The first-order valence-electron chi connectivity index (χ1n) is 7.54. The lowest BCUT2D eigenvalue weighted by atomic mass is 10.1. The number of nitrogen functional groups attached to an aromatic ring is 1. The third-order valence-corrected chi connectivity index (χ3v) is 3.95. The molecule has 4 rings (SSSR count). The molecule has 21 heavy (non-hydrogen) atoms. The van der Waals surface area contributed by atoms with Gasteiger partial charge in [0.25, 0.3) is 0 Å². The lowest BCUT2D eigenvalue weighted by molar-refractivity contribution is 1.06. The van der Waals surface area contributed by atoms with Gasteiger partial charge in [-0.25, -0.2) is 4.98 Å². The number of nitrogens with two attached hydrogens (primary N) is 1. The molecule has 1 aromatic carbocycles. The highest BCUT2D eigenvalue weighted by molar-refractivity contribution is 5.69. The molecular weight excluding hydrogens is 262 g/mol. The number of nitrogens with one attached hydrogen (secondary N) is 2. The van der Waals surface area contributed by atoms with E-state index in [1.165, 1.54) is 31.2 Å². The third-order valence-electron chi connectivity index (χ3n) is 3.95. The summed E-state index contributed by atoms with van der Waals surface area (Å²) in [5, 5.41) is 6.56. The third kappa shape index (κ3) is 2.91. The van der Waals surface area contributed by atoms with Crippen LogP contribution in [-0.2, 0) is 0 Å². The van der Waals surface area contributed by atoms with Crippen LogP contribution in [-0.4, -0.2) is 16.0 Å². The Kier molecular flexibility index (Phi) is 2.91. The first-order valence-corrected chi connectivity index (χ1v) is 7.54. The van der Waals surface area contributed by atoms with Crippen molar-refractivity contribution in [2.24, 2.45) is 0 Å². The first kappa shape index (κ1) is 12.4. The maximum absolute atomic E-state index is 5.96. The largest absolute Gasteiger partial charge is 0.394 e. The number of rotatable bonds is 5. The van der Waals surface area contributed by atoms with Crippen LogP contribution in [0.15, 0.2) is 30.5 Å². The molecule has 0 radical (unpaired) electrons. The number of anilines is 4. The van der Waals surface area contributed by atoms with Crippen LogP contribution in [0.25, 0.3) is 0 Å². The van der Waals surface area contributed by atoms with Gasteiger partial charge in [0.05, 0.1) is 11.9 Å². The Balaban J connectivity index is 1.51. The summed E-state index contributed by atoms with van der Waals surface area (Å²) in [5.41, 5.74) is 8.94. The fraction of sp³-hybridized carbons (Fsp3) is 0.375. The second-order valence-corrected chi connectivity index (χ2v) is 5.94. The smallest absolute Gasteiger partial charge is 0.224 e. The minimum atomic E-state index is 0.527. The molecule has 5 nitrogen and oxygen atoms in total. The molecule has 2 fully saturated rings. The summed E-state index contributed by atoms with van der Waals surface area (Å²) in [6.45, 7) is 0. The Morgan fingerprint density at radius 3 is 2.48 bits per heavy atom. The van der Waals surface area contributed by atoms with E-state index in [4.69, 9.17) is 5.73 Å². The van der Waals surface area contributed by atoms with Gasteiger partial charge in [-0.15, -0.1) is 0 Å². The maximum atomic E-state index is 5.96. The van der Waals surface area contributed by atoms with Gasteiger partial charge in [0.15, 0.2) is 5.82 Å². The fourth-order valence-corrected chi connectivity index (χ4v) is 2.36. The molecule has 1 aromatic heterocycles. The minimum absolute atomic E-state index is 0.527. The van der Waals surface area contributed by atoms with Crippen molar-refractivity contribution in [2.75, 3.05) is 16.4 Å². The molecule has 0 unspecified atom stereocenters. The maximum Gasteiger partial charge on any atom is 0.224 e. The highest BCUT2D eigenvalue weighted by Crippen LogP contribution is 2.40. The molecule has 0 atom stereocenters. The van der Waals surface area contributed by atoms with Gasteiger partial charge in [0.1, 0.15) is 0 Å². The van der Waals surface area contributed by atoms with Gasteiger partial charge in [0, 0.05) is 11.7 Å². The zero-order valence-corrected chi connectivity index (χ0v) is 11.8. The topological polar surface area (TPSA) is 75.9 Å². The first-order chi connectivity index (χ1) is 10.3. The Morgan fingerprint density at radius 1 is 1.05 bits per heavy atom. The van der Waals surface area contributed by atoms with Crippen molar-refractivity contribution in [2.45, 2.75) is 37.6 Å². The van der Waals surface area contributed by atoms with Gasteiger partial charge >= 0.3 is 0 Å². The summed E-state index contributed by atoms with van der Waals surface area (Å²) < 4.78 is 0. The molecule has 2 aliphatic carbocycles. The van der Waals surface area contributed by atoms with Crippen LogP contribution in [0.2, 0.25) is 0 Å². The molecule has 0 bridgehead atoms. The van der Waals surface area contributed by atoms with E-state index in [2.05, 4.69) is 44.9 Å². The van der Waals surface area contributed by atoms with Gasteiger partial charge in [-0.3, -0.25) is 0 Å². The average molecular weight is 281 g/mol. The zero-order valence-electron chi connectivity index (χ0n) is 11.8. The van der Waals surface area contributed by atoms with E-state index in [1.807, 2.05) is 0 Å². The van der Waals surface area contributed by atoms with Crippen molar-refractivity contribution in [3.05, 3.63) is 36.0 Å². The van der Waals surface area contributed by atoms with E-state index < -0.39 is 0 Å². The van der Waals surface area contributed by atoms with Crippen molar-refractivity contribution in [1.82, 2.24) is 9.97 Å². The van der Waals surface area contributed by atoms with Gasteiger partial charge in [-0.2, -0.15) is 4.98 Å². The highest BCUT2D eigenvalue weighted by Gasteiger charge is 2.23. The molecule has 5 heteroatoms. The lowest BCUT2D eigenvalue weighted by Gasteiger charge is -2.11. The van der Waals surface area contributed by atoms with Crippen LogP contribution >= 0.6 is 0 Å². The van der Waals surface area contributed by atoms with E-state index >= 15 is 0 Å². The quantitative estimate of drug-likeness (QED) is 0.784. The van der Waals surface area contributed by atoms with E-state index in [0.717, 1.165) is 11.6 Å². The molecule has 0 saturated heterocycles. The predicted octanol–water partition coefficient (Wildman–Crippen LogP) is 3.25. The van der Waals surface area contributed by atoms with Crippen LogP contribution in [0, 0.1) is 0 Å². The standard InChI is InChI=1S/C16H19N5/c17-14-9-18-16(20-13-7-8-13)21-15(14)19-12-5-3-11(4-6-12)10-1-2-10/h3-6,9-10,13H,1-2,7-8,17H2,(H2,18,19,20,21). The van der Waals surface area contributed by atoms with Gasteiger partial charge < -0.3 is 16.4 Å². The number of aromatic nitrogens is 2. The molecule has 2 saturated carbocycles. The van der Waals surface area contributed by atoms with Crippen molar-refractivity contribution in [3.8, 4) is 0 Å². The van der Waals surface area contributed by atoms with Crippen LogP contribution in [0.4, 0.5) is 23.1 Å². The second kappa shape index (κ2) is 4.91. The summed E-state index contributed by atoms with van der Waals surface area (Å²) in [6, 6.07) is 9.06. The van der Waals surface area contributed by atoms with Crippen LogP contribution < -0.4 is 16.4 Å². The van der Waals surface area contributed by atoms with Crippen molar-refractivity contribution in [1.29, 1.82) is 0 Å². The highest BCUT2D eigenvalue weighted by atomic mass is 15.2. The molecule has 0 amide bonds. The van der Waals surface area contributed by atoms with Crippen molar-refractivity contribution < 1.29 is 0 Å². The monoisotopic (exact) mass is 281 g/mol. The van der Waals surface area contributed by atoms with E-state index in [-0.39, 0.29) is 0 Å². The lowest BCUT2D eigenvalue weighted by Crippen LogP contribution is -2.08. The molecule has 2 aliphatic rings. The normalized spacial score (nSPS) is 17.5. The Bertz CT molecular complexity index is 644. The Labute approximate surface area is 124 Å². The van der Waals surface area contributed by atoms with Crippen LogP contribution in [0.5, 0.6) is 0 Å². The zero-order chi connectivity index (χ0) is 14.2. The molecule has 108 valence electrons. The van der Waals surface area contributed by atoms with E-state index in [1.54, 1.807) is 6.20 Å². The molecule has 0 aliphatic heterocycles. The number of benzene rings is 1. The number of hydrogen-bond acceptors (Lipinski definition) is 5. The summed E-state index contributed by atoms with van der Waals surface area (Å²) >= 11 is 0. The second-order valence-electron chi connectivity index (χ2n) is 5.94. The van der Waals surface area contributed by atoms with E-state index in [0.29, 0.717) is 23.5 Å². The van der Waals surface area contributed by atoms with Gasteiger partial charge in [0.2, 0.25) is 5.95 Å². The number of nitrogens with zero attached hydrogens (tertiary/aromatic N) is 2. The SMILES string of the molecule is Nc1cnc(NC2CC2)nc1Nc1ccc(C2CC2)cc1. The minimum Gasteiger partial charge on any atom is -0.394 e. The Morgan fingerprint density at radius 2 is 1.81 bits per heavy atom. The predicted molar refractivity (Wildman–Crippen MR) is 84.8 cm³/mol. The molecule has 0 spiro atoms. The fourth-order valence-electron chi connectivity index (χ4n) is 2.36. The van der Waals surface area contributed by atoms with Crippen LogP contribution in [0.1, 0.15) is 37.2 Å². The molecule has 4 N–H and O–H groups in total. The summed E-state index contributed by atoms with van der Waals surface area (Å²) in [4.78, 5) is 8.68. The molecular formula is C16H19N5. The number of hydrogen-bond donors (Lipinski definition) is 3. The van der Waals surface area contributed by atoms with E-state index in [9.17, 15) is 0 Å². The van der Waals surface area contributed by atoms with Gasteiger partial charge in [-0.05, 0) is 49.3 Å². The van der Waals surface area contributed by atoms with Crippen LogP contribution in [0.3, 0.4) is 0 Å². The summed E-state index contributed by atoms with van der Waals surface area (Å²) in [5.74, 6) is 2.08. The molecule has 2 aromatic rings. The van der Waals surface area contributed by atoms with Crippen molar-refractivity contribution in [3.63, 3.8) is 0 Å². The average Bonchev–Trinajstić information content (AvgIpc) is 3.36. The van der Waals surface area contributed by atoms with Crippen molar-refractivity contribution >= 4 is 23.1 Å². The summed E-state index contributed by atoms with van der Waals surface area (Å²) in [6.07, 6.45) is 6.68. The molecule has 1 heterocycles. The summed E-state index contributed by atoms with van der Waals surface area (Å²) in [7, 11) is 0. The Hall–Kier alpha value is -2.30.